The molecular weight excluding hydrogens is 350 g/mol. The fraction of sp³-hybridized carbons (Fsp3) is 0.238. The smallest absolute Gasteiger partial charge is 0.201 e. The SMILES string of the molecule is CC(O)CCC/C=C/c1ccc2nc(-c3ccc(O)c(F)c3F)cnc2c1. The number of aliphatic hydroxyl groups is 1. The molecule has 0 bridgehead atoms. The number of hydrogen-bond acceptors (Lipinski definition) is 4. The third-order valence-electron chi connectivity index (χ3n) is 4.21. The van der Waals surface area contributed by atoms with Crippen molar-refractivity contribution in [3.8, 4) is 17.0 Å². The van der Waals surface area contributed by atoms with Gasteiger partial charge in [-0.3, -0.25) is 4.98 Å². The molecule has 27 heavy (non-hydrogen) atoms. The molecule has 0 aliphatic heterocycles. The van der Waals surface area contributed by atoms with E-state index in [9.17, 15) is 19.0 Å². The van der Waals surface area contributed by atoms with Crippen LogP contribution in [0.4, 0.5) is 8.78 Å². The molecule has 2 aromatic carbocycles. The molecule has 0 amide bonds. The zero-order valence-electron chi connectivity index (χ0n) is 14.9. The van der Waals surface area contributed by atoms with Crippen molar-refractivity contribution in [1.82, 2.24) is 9.97 Å². The van der Waals surface area contributed by atoms with Crippen LogP contribution >= 0.6 is 0 Å². The van der Waals surface area contributed by atoms with Crippen molar-refractivity contribution in [1.29, 1.82) is 0 Å². The standard InChI is InChI=1S/C21H20F2N2O2/c1-13(26)5-3-2-4-6-14-7-9-16-17(11-14)24-12-18(25-16)15-8-10-19(27)21(23)20(15)22/h4,6-13,26-27H,2-3,5H2,1H3/b6-4+. The zero-order valence-corrected chi connectivity index (χ0v) is 14.9. The largest absolute Gasteiger partial charge is 0.505 e. The Balaban J connectivity index is 1.81. The molecule has 1 atom stereocenters. The van der Waals surface area contributed by atoms with Gasteiger partial charge in [-0.15, -0.1) is 0 Å². The highest BCUT2D eigenvalue weighted by atomic mass is 19.2. The minimum absolute atomic E-state index is 0.0539. The topological polar surface area (TPSA) is 66.2 Å². The number of fused-ring (bicyclic) bond motifs is 1. The molecule has 0 aliphatic rings. The van der Waals surface area contributed by atoms with E-state index < -0.39 is 17.4 Å². The number of halogens is 2. The van der Waals surface area contributed by atoms with Crippen molar-refractivity contribution in [2.24, 2.45) is 0 Å². The van der Waals surface area contributed by atoms with E-state index in [1.165, 1.54) is 12.3 Å². The Labute approximate surface area is 155 Å². The fourth-order valence-electron chi connectivity index (χ4n) is 2.75. The molecule has 1 aromatic heterocycles. The lowest BCUT2D eigenvalue weighted by atomic mass is 10.1. The maximum Gasteiger partial charge on any atom is 0.201 e. The van der Waals surface area contributed by atoms with Crippen molar-refractivity contribution in [3.63, 3.8) is 0 Å². The molecule has 4 nitrogen and oxygen atoms in total. The van der Waals surface area contributed by atoms with E-state index in [0.29, 0.717) is 11.0 Å². The predicted octanol–water partition coefficient (Wildman–Crippen LogP) is 4.84. The van der Waals surface area contributed by atoms with Crippen LogP contribution in [0.2, 0.25) is 0 Å². The van der Waals surface area contributed by atoms with Crippen LogP contribution in [0.15, 0.2) is 42.6 Å². The van der Waals surface area contributed by atoms with E-state index >= 15 is 0 Å². The van der Waals surface area contributed by atoms with Crippen molar-refractivity contribution < 1.29 is 19.0 Å². The first kappa shape index (κ1) is 18.9. The summed E-state index contributed by atoms with van der Waals surface area (Å²) in [6.45, 7) is 1.78. The highest BCUT2D eigenvalue weighted by Crippen LogP contribution is 2.28. The normalized spacial score (nSPS) is 12.7. The number of unbranched alkanes of at least 4 members (excludes halogenated alkanes) is 1. The maximum absolute atomic E-state index is 14.0. The number of hydrogen-bond donors (Lipinski definition) is 2. The van der Waals surface area contributed by atoms with Gasteiger partial charge in [0, 0.05) is 5.56 Å². The summed E-state index contributed by atoms with van der Waals surface area (Å²) >= 11 is 0. The highest BCUT2D eigenvalue weighted by Gasteiger charge is 2.15. The van der Waals surface area contributed by atoms with Crippen molar-refractivity contribution in [2.75, 3.05) is 0 Å². The molecule has 2 N–H and O–H groups in total. The molecule has 0 saturated heterocycles. The molecule has 0 radical (unpaired) electrons. The minimum atomic E-state index is -1.30. The lowest BCUT2D eigenvalue weighted by Crippen LogP contribution is -1.97. The Morgan fingerprint density at radius 2 is 1.93 bits per heavy atom. The molecule has 140 valence electrons. The van der Waals surface area contributed by atoms with Gasteiger partial charge < -0.3 is 10.2 Å². The average Bonchev–Trinajstić information content (AvgIpc) is 2.65. The van der Waals surface area contributed by atoms with Gasteiger partial charge in [-0.1, -0.05) is 18.2 Å². The third kappa shape index (κ3) is 4.46. The van der Waals surface area contributed by atoms with Crippen LogP contribution in [0.1, 0.15) is 31.7 Å². The van der Waals surface area contributed by atoms with Crippen LogP contribution in [0.3, 0.4) is 0 Å². The third-order valence-corrected chi connectivity index (χ3v) is 4.21. The van der Waals surface area contributed by atoms with Gasteiger partial charge in [0.25, 0.3) is 0 Å². The number of nitrogens with zero attached hydrogens (tertiary/aromatic N) is 2. The number of allylic oxidation sites excluding steroid dienone is 1. The Morgan fingerprint density at radius 1 is 1.11 bits per heavy atom. The van der Waals surface area contributed by atoms with E-state index in [-0.39, 0.29) is 17.4 Å². The lowest BCUT2D eigenvalue weighted by Gasteiger charge is -2.06. The van der Waals surface area contributed by atoms with Gasteiger partial charge in [0.2, 0.25) is 5.82 Å². The maximum atomic E-state index is 14.0. The first-order valence-corrected chi connectivity index (χ1v) is 8.74. The van der Waals surface area contributed by atoms with E-state index in [1.807, 2.05) is 24.3 Å². The summed E-state index contributed by atoms with van der Waals surface area (Å²) in [6.07, 6.45) is 7.68. The second kappa shape index (κ2) is 8.22. The molecule has 3 rings (SSSR count). The van der Waals surface area contributed by atoms with Crippen LogP contribution in [0, 0.1) is 11.6 Å². The van der Waals surface area contributed by atoms with Crippen LogP contribution in [-0.4, -0.2) is 26.3 Å². The molecule has 3 aromatic rings. The Bertz CT molecular complexity index is 987. The van der Waals surface area contributed by atoms with Gasteiger partial charge in [-0.2, -0.15) is 4.39 Å². The summed E-state index contributed by atoms with van der Waals surface area (Å²) in [4.78, 5) is 8.64. The second-order valence-corrected chi connectivity index (χ2v) is 6.45. The quantitative estimate of drug-likeness (QED) is 0.609. The summed E-state index contributed by atoms with van der Waals surface area (Å²) < 4.78 is 27.6. The van der Waals surface area contributed by atoms with Gasteiger partial charge in [0.1, 0.15) is 0 Å². The second-order valence-electron chi connectivity index (χ2n) is 6.45. The molecule has 0 aliphatic carbocycles. The van der Waals surface area contributed by atoms with Crippen LogP contribution in [0.25, 0.3) is 28.4 Å². The lowest BCUT2D eigenvalue weighted by molar-refractivity contribution is 0.182. The summed E-state index contributed by atoms with van der Waals surface area (Å²) in [6, 6.07) is 7.87. The number of aromatic hydroxyl groups is 1. The molecule has 0 fully saturated rings. The van der Waals surface area contributed by atoms with Crippen molar-refractivity contribution in [3.05, 3.63) is 59.8 Å². The average molecular weight is 370 g/mol. The van der Waals surface area contributed by atoms with Crippen molar-refractivity contribution >= 4 is 17.1 Å². The molecule has 1 unspecified atom stereocenters. The molecule has 0 saturated carbocycles. The van der Waals surface area contributed by atoms with E-state index in [0.717, 1.165) is 30.9 Å². The first-order chi connectivity index (χ1) is 13.0. The van der Waals surface area contributed by atoms with Gasteiger partial charge in [-0.25, -0.2) is 9.37 Å². The van der Waals surface area contributed by atoms with Gasteiger partial charge in [-0.05, 0) is 56.0 Å². The Kier molecular flexibility index (Phi) is 5.76. The monoisotopic (exact) mass is 370 g/mol. The number of phenols is 1. The van der Waals surface area contributed by atoms with Crippen LogP contribution in [0.5, 0.6) is 5.75 Å². The first-order valence-electron chi connectivity index (χ1n) is 8.74. The number of phenolic OH excluding ortho intramolecular Hbond substituents is 1. The Hall–Kier alpha value is -2.86. The van der Waals surface area contributed by atoms with Gasteiger partial charge >= 0.3 is 0 Å². The molecule has 6 heteroatoms. The van der Waals surface area contributed by atoms with E-state index in [1.54, 1.807) is 13.0 Å². The summed E-state index contributed by atoms with van der Waals surface area (Å²) in [5, 5.41) is 18.5. The number of rotatable bonds is 6. The van der Waals surface area contributed by atoms with E-state index in [2.05, 4.69) is 9.97 Å². The molecule has 1 heterocycles. The van der Waals surface area contributed by atoms with Gasteiger partial charge in [0.05, 0.1) is 29.0 Å². The van der Waals surface area contributed by atoms with Crippen molar-refractivity contribution in [2.45, 2.75) is 32.3 Å². The minimum Gasteiger partial charge on any atom is -0.505 e. The van der Waals surface area contributed by atoms with Crippen LogP contribution < -0.4 is 0 Å². The molecule has 0 spiro atoms. The summed E-state index contributed by atoms with van der Waals surface area (Å²) in [5.74, 6) is -3.19. The molecular formula is C21H20F2N2O2. The summed E-state index contributed by atoms with van der Waals surface area (Å²) in [5.41, 5.74) is 2.31. The number of benzene rings is 2. The highest BCUT2D eigenvalue weighted by molar-refractivity contribution is 5.79. The number of aliphatic hydroxyl groups excluding tert-OH is 1. The van der Waals surface area contributed by atoms with Crippen LogP contribution in [-0.2, 0) is 0 Å². The fourth-order valence-corrected chi connectivity index (χ4v) is 2.75. The number of aromatic nitrogens is 2. The van der Waals surface area contributed by atoms with Gasteiger partial charge in [0.15, 0.2) is 11.6 Å². The zero-order chi connectivity index (χ0) is 19.4. The Morgan fingerprint density at radius 3 is 2.70 bits per heavy atom. The van der Waals surface area contributed by atoms with E-state index in [4.69, 9.17) is 0 Å². The predicted molar refractivity (Wildman–Crippen MR) is 101 cm³/mol. The summed E-state index contributed by atoms with van der Waals surface area (Å²) in [7, 11) is 0.